The van der Waals surface area contributed by atoms with Gasteiger partial charge in [0.15, 0.2) is 0 Å². The fourth-order valence-corrected chi connectivity index (χ4v) is 6.91. The molecule has 1 atom stereocenters. The van der Waals surface area contributed by atoms with Crippen LogP contribution in [0, 0.1) is 0 Å². The lowest BCUT2D eigenvalue weighted by Crippen LogP contribution is -2.49. The number of para-hydroxylation sites is 1. The van der Waals surface area contributed by atoms with Gasteiger partial charge in [0.05, 0.1) is 4.90 Å². The molecule has 2 aliphatic heterocycles. The first-order chi connectivity index (χ1) is 19.0. The second-order valence-electron chi connectivity index (χ2n) is 10.4. The maximum absolute atomic E-state index is 13.4. The van der Waals surface area contributed by atoms with Gasteiger partial charge in [0.25, 0.3) is 0 Å². The zero-order valence-electron chi connectivity index (χ0n) is 22.2. The van der Waals surface area contributed by atoms with E-state index in [1.165, 1.54) is 4.31 Å². The molecule has 3 aromatic rings. The largest absolute Gasteiger partial charge is 0.490 e. The zero-order chi connectivity index (χ0) is 27.1. The lowest BCUT2D eigenvalue weighted by atomic mass is 10.1. The van der Waals surface area contributed by atoms with Crippen LogP contribution in [0.2, 0.25) is 0 Å². The third kappa shape index (κ3) is 7.19. The summed E-state index contributed by atoms with van der Waals surface area (Å²) >= 11 is 0. The first-order valence-electron chi connectivity index (χ1n) is 13.9. The van der Waals surface area contributed by atoms with Gasteiger partial charge >= 0.3 is 0 Å². The van der Waals surface area contributed by atoms with Crippen LogP contribution in [0.5, 0.6) is 5.75 Å². The molecule has 2 aliphatic rings. The van der Waals surface area contributed by atoms with Crippen molar-refractivity contribution in [1.82, 2.24) is 9.62 Å². The Morgan fingerprint density at radius 1 is 0.846 bits per heavy atom. The zero-order valence-corrected chi connectivity index (χ0v) is 23.1. The average molecular weight is 548 g/mol. The van der Waals surface area contributed by atoms with E-state index in [1.54, 1.807) is 12.1 Å². The van der Waals surface area contributed by atoms with Crippen LogP contribution in [-0.2, 0) is 21.2 Å². The molecule has 8 heteroatoms. The topological polar surface area (TPSA) is 79.0 Å². The van der Waals surface area contributed by atoms with Crippen molar-refractivity contribution in [2.45, 2.75) is 55.6 Å². The summed E-state index contributed by atoms with van der Waals surface area (Å²) in [6, 6.07) is 26.9. The normalized spacial score (nSPS) is 19.0. The van der Waals surface area contributed by atoms with Crippen LogP contribution < -0.4 is 15.0 Å². The highest BCUT2D eigenvalue weighted by molar-refractivity contribution is 7.89. The molecule has 5 rings (SSSR count). The monoisotopic (exact) mass is 547 g/mol. The van der Waals surface area contributed by atoms with Crippen molar-refractivity contribution in [3.05, 3.63) is 90.5 Å². The van der Waals surface area contributed by atoms with Crippen molar-refractivity contribution in [3.63, 3.8) is 0 Å². The van der Waals surface area contributed by atoms with Gasteiger partial charge < -0.3 is 15.0 Å². The van der Waals surface area contributed by atoms with Crippen LogP contribution in [0.3, 0.4) is 0 Å². The number of piperidine rings is 2. The maximum atomic E-state index is 13.4. The summed E-state index contributed by atoms with van der Waals surface area (Å²) in [6.07, 6.45) is 4.60. The van der Waals surface area contributed by atoms with Crippen LogP contribution in [0.25, 0.3) is 0 Å². The molecule has 0 saturated carbocycles. The van der Waals surface area contributed by atoms with Gasteiger partial charge in [0.1, 0.15) is 11.9 Å². The lowest BCUT2D eigenvalue weighted by molar-refractivity contribution is -0.122. The van der Waals surface area contributed by atoms with Crippen LogP contribution >= 0.6 is 0 Å². The van der Waals surface area contributed by atoms with E-state index in [0.717, 1.165) is 55.8 Å². The number of sulfonamides is 1. The van der Waals surface area contributed by atoms with Gasteiger partial charge in [-0.05, 0) is 61.2 Å². The number of rotatable bonds is 9. The number of nitrogens with one attached hydrogen (secondary N) is 1. The quantitative estimate of drug-likeness (QED) is 0.422. The Bertz CT molecular complexity index is 1310. The van der Waals surface area contributed by atoms with Gasteiger partial charge in [0, 0.05) is 57.2 Å². The first-order valence-corrected chi connectivity index (χ1v) is 15.3. The number of aryl methyl sites for hydroxylation is 1. The van der Waals surface area contributed by atoms with E-state index in [2.05, 4.69) is 10.2 Å². The highest BCUT2D eigenvalue weighted by Gasteiger charge is 2.31. The highest BCUT2D eigenvalue weighted by Crippen LogP contribution is 2.26. The molecule has 206 valence electrons. The van der Waals surface area contributed by atoms with Crippen LogP contribution in [0.15, 0.2) is 89.8 Å². The Hall–Kier alpha value is -3.36. The van der Waals surface area contributed by atoms with Crippen molar-refractivity contribution in [2.24, 2.45) is 0 Å². The molecule has 0 spiro atoms. The summed E-state index contributed by atoms with van der Waals surface area (Å²) in [5, 5.41) is 3.05. The summed E-state index contributed by atoms with van der Waals surface area (Å²) in [6.45, 7) is 2.49. The minimum absolute atomic E-state index is 0.0367. The SMILES string of the molecule is O=C(CCc1ccccc1)NC1CCCN(S(=O)(=O)c2ccc(N3CCC(Oc4ccccc4)CC3)cc2)C1. The highest BCUT2D eigenvalue weighted by atomic mass is 32.2. The van der Waals surface area contributed by atoms with E-state index in [9.17, 15) is 13.2 Å². The van der Waals surface area contributed by atoms with Crippen molar-refractivity contribution >= 4 is 21.6 Å². The predicted molar refractivity (Wildman–Crippen MR) is 153 cm³/mol. The molecule has 1 N–H and O–H groups in total. The Morgan fingerprint density at radius 2 is 1.51 bits per heavy atom. The Balaban J connectivity index is 1.12. The number of carbonyl (C=O) groups is 1. The molecule has 3 aromatic carbocycles. The summed E-state index contributed by atoms with van der Waals surface area (Å²) in [5.74, 6) is 0.864. The average Bonchev–Trinajstić information content (AvgIpc) is 2.98. The maximum Gasteiger partial charge on any atom is 0.243 e. The van der Waals surface area contributed by atoms with Crippen molar-refractivity contribution in [3.8, 4) is 5.75 Å². The molecule has 1 amide bonds. The Morgan fingerprint density at radius 3 is 2.21 bits per heavy atom. The Labute approximate surface area is 231 Å². The van der Waals surface area contributed by atoms with E-state index < -0.39 is 10.0 Å². The molecule has 7 nitrogen and oxygen atoms in total. The number of amides is 1. The fourth-order valence-electron chi connectivity index (χ4n) is 5.38. The second-order valence-corrected chi connectivity index (χ2v) is 12.3. The van der Waals surface area contributed by atoms with Gasteiger partial charge in [-0.3, -0.25) is 4.79 Å². The first kappa shape index (κ1) is 27.2. The van der Waals surface area contributed by atoms with Crippen LogP contribution in [0.1, 0.15) is 37.7 Å². The van der Waals surface area contributed by atoms with Crippen molar-refractivity contribution in [1.29, 1.82) is 0 Å². The molecule has 39 heavy (non-hydrogen) atoms. The smallest absolute Gasteiger partial charge is 0.243 e. The predicted octanol–water partition coefficient (Wildman–Crippen LogP) is 4.64. The lowest BCUT2D eigenvalue weighted by Gasteiger charge is -2.34. The Kier molecular flexibility index (Phi) is 8.84. The van der Waals surface area contributed by atoms with E-state index in [1.807, 2.05) is 72.8 Å². The van der Waals surface area contributed by atoms with Gasteiger partial charge in [-0.1, -0.05) is 48.5 Å². The number of anilines is 1. The molecule has 2 saturated heterocycles. The third-order valence-corrected chi connectivity index (χ3v) is 9.44. The summed E-state index contributed by atoms with van der Waals surface area (Å²) in [4.78, 5) is 15.1. The minimum atomic E-state index is -3.63. The summed E-state index contributed by atoms with van der Waals surface area (Å²) in [7, 11) is -3.63. The van der Waals surface area contributed by atoms with E-state index in [0.29, 0.717) is 30.8 Å². The summed E-state index contributed by atoms with van der Waals surface area (Å²) in [5.41, 5.74) is 2.14. The van der Waals surface area contributed by atoms with Gasteiger partial charge in [-0.2, -0.15) is 4.31 Å². The van der Waals surface area contributed by atoms with Crippen LogP contribution in [0.4, 0.5) is 5.69 Å². The molecule has 0 bridgehead atoms. The van der Waals surface area contributed by atoms with E-state index in [4.69, 9.17) is 4.74 Å². The van der Waals surface area contributed by atoms with Crippen molar-refractivity contribution < 1.29 is 17.9 Å². The number of nitrogens with zero attached hydrogens (tertiary/aromatic N) is 2. The number of hydrogen-bond acceptors (Lipinski definition) is 5. The fraction of sp³-hybridized carbons (Fsp3) is 0.387. The number of carbonyl (C=O) groups excluding carboxylic acids is 1. The second kappa shape index (κ2) is 12.7. The molecule has 2 fully saturated rings. The molecule has 1 unspecified atom stereocenters. The summed E-state index contributed by atoms with van der Waals surface area (Å²) < 4.78 is 34.4. The van der Waals surface area contributed by atoms with Gasteiger partial charge in [0.2, 0.25) is 15.9 Å². The van der Waals surface area contributed by atoms with Crippen LogP contribution in [-0.4, -0.2) is 57.0 Å². The number of ether oxygens (including phenoxy) is 1. The molecule has 0 aliphatic carbocycles. The number of benzene rings is 3. The van der Waals surface area contributed by atoms with Gasteiger partial charge in [-0.15, -0.1) is 0 Å². The van der Waals surface area contributed by atoms with Crippen molar-refractivity contribution in [2.75, 3.05) is 31.1 Å². The van der Waals surface area contributed by atoms with Gasteiger partial charge in [-0.25, -0.2) is 8.42 Å². The van der Waals surface area contributed by atoms with E-state index in [-0.39, 0.29) is 18.1 Å². The number of hydrogen-bond donors (Lipinski definition) is 1. The standard InChI is InChI=1S/C31H37N3O4S/c35-31(18-13-25-8-3-1-4-9-25)32-26-10-7-21-34(24-26)39(36,37)30-16-14-27(15-17-30)33-22-19-29(20-23-33)38-28-11-5-2-6-12-28/h1-6,8-9,11-12,14-17,26,29H,7,10,13,18-24H2,(H,32,35). The molecular weight excluding hydrogens is 510 g/mol. The third-order valence-electron chi connectivity index (χ3n) is 7.56. The molecular formula is C31H37N3O4S. The molecule has 0 aromatic heterocycles. The molecule has 0 radical (unpaired) electrons. The van der Waals surface area contributed by atoms with E-state index >= 15 is 0 Å². The molecule has 2 heterocycles. The minimum Gasteiger partial charge on any atom is -0.490 e.